The first-order chi connectivity index (χ1) is 8.73. The number of hydrogen-bond donors (Lipinski definition) is 0. The average Bonchev–Trinajstić information content (AvgIpc) is 3.01. The Morgan fingerprint density at radius 3 is 2.37 bits per heavy atom. The van der Waals surface area contributed by atoms with Crippen LogP contribution in [-0.4, -0.2) is 28.9 Å². The molecule has 0 aromatic carbocycles. The van der Waals surface area contributed by atoms with Gasteiger partial charge in [0.2, 0.25) is 0 Å². The maximum Gasteiger partial charge on any atom is 0.463 e. The van der Waals surface area contributed by atoms with Crippen molar-refractivity contribution in [3.8, 4) is 0 Å². The van der Waals surface area contributed by atoms with E-state index >= 15 is 0 Å². The molecule has 1 saturated carbocycles. The van der Waals surface area contributed by atoms with Gasteiger partial charge in [-0.05, 0) is 24.3 Å². The summed E-state index contributed by atoms with van der Waals surface area (Å²) in [5.74, 6) is -7.48. The lowest BCUT2D eigenvalue weighted by molar-refractivity contribution is -0.275. The largest absolute Gasteiger partial charge is 0.463 e. The van der Waals surface area contributed by atoms with Crippen LogP contribution >= 0.6 is 11.3 Å². The molecule has 2 rings (SSSR count). The molecule has 1 heterocycles. The van der Waals surface area contributed by atoms with Crippen LogP contribution in [0.1, 0.15) is 17.7 Å². The summed E-state index contributed by atoms with van der Waals surface area (Å²) in [6.45, 7) is -0.202. The highest BCUT2D eigenvalue weighted by Gasteiger charge is 2.65. The highest BCUT2D eigenvalue weighted by Crippen LogP contribution is 2.40. The topological polar surface area (TPSA) is 20.3 Å². The second-order valence-corrected chi connectivity index (χ2v) is 5.35. The van der Waals surface area contributed by atoms with Crippen molar-refractivity contribution in [1.82, 2.24) is 4.90 Å². The minimum Gasteiger partial charge on any atom is -0.329 e. The van der Waals surface area contributed by atoms with E-state index in [1.165, 1.54) is 11.3 Å². The normalized spacial score (nSPS) is 16.5. The third-order valence-electron chi connectivity index (χ3n) is 2.78. The van der Waals surface area contributed by atoms with E-state index in [2.05, 4.69) is 0 Å². The van der Waals surface area contributed by atoms with E-state index in [1.807, 2.05) is 0 Å². The van der Waals surface area contributed by atoms with Gasteiger partial charge in [-0.3, -0.25) is 4.79 Å². The van der Waals surface area contributed by atoms with E-state index in [0.29, 0.717) is 22.6 Å². The number of thiophene rings is 1. The molecule has 8 heteroatoms. The van der Waals surface area contributed by atoms with Crippen LogP contribution in [0.15, 0.2) is 17.5 Å². The summed E-state index contributed by atoms with van der Waals surface area (Å²) in [7, 11) is 0. The highest BCUT2D eigenvalue weighted by molar-refractivity contribution is 7.09. The van der Waals surface area contributed by atoms with E-state index in [-0.39, 0.29) is 6.54 Å². The molecule has 0 N–H and O–H groups in total. The Hall–Kier alpha value is -1.18. The van der Waals surface area contributed by atoms with Crippen molar-refractivity contribution in [2.75, 3.05) is 0 Å². The van der Waals surface area contributed by atoms with Crippen LogP contribution in [0.25, 0.3) is 0 Å². The van der Waals surface area contributed by atoms with Crippen LogP contribution in [0.4, 0.5) is 22.0 Å². The Balaban J connectivity index is 2.18. The van der Waals surface area contributed by atoms with Crippen molar-refractivity contribution < 1.29 is 26.7 Å². The summed E-state index contributed by atoms with van der Waals surface area (Å²) in [6.07, 6.45) is -4.93. The summed E-state index contributed by atoms with van der Waals surface area (Å²) < 4.78 is 62.8. The number of alkyl halides is 5. The van der Waals surface area contributed by atoms with Crippen molar-refractivity contribution in [2.24, 2.45) is 0 Å². The molecule has 19 heavy (non-hydrogen) atoms. The predicted octanol–water partition coefficient (Wildman–Crippen LogP) is 3.44. The zero-order valence-electron chi connectivity index (χ0n) is 9.58. The fraction of sp³-hybridized carbons (Fsp3) is 0.545. The average molecular weight is 299 g/mol. The summed E-state index contributed by atoms with van der Waals surface area (Å²) in [5, 5.41) is 1.67. The standard InChI is InChI=1S/C11H10F5NOS/c12-10(13,11(14,15)16)9(18)17(7-3-4-7)6-8-2-1-5-19-8/h1-2,5,7H,3-4,6H2. The second-order valence-electron chi connectivity index (χ2n) is 4.32. The summed E-state index contributed by atoms with van der Waals surface area (Å²) in [5.41, 5.74) is 0. The van der Waals surface area contributed by atoms with E-state index in [0.717, 1.165) is 0 Å². The van der Waals surface area contributed by atoms with Crippen molar-refractivity contribution in [1.29, 1.82) is 0 Å². The smallest absolute Gasteiger partial charge is 0.329 e. The predicted molar refractivity (Wildman–Crippen MR) is 58.9 cm³/mol. The Morgan fingerprint density at radius 1 is 1.32 bits per heavy atom. The number of hydrogen-bond acceptors (Lipinski definition) is 2. The molecule has 1 aromatic rings. The van der Waals surface area contributed by atoms with Gasteiger partial charge in [-0.25, -0.2) is 0 Å². The molecule has 106 valence electrons. The lowest BCUT2D eigenvalue weighted by Gasteiger charge is -2.27. The SMILES string of the molecule is O=C(N(Cc1cccs1)C1CC1)C(F)(F)C(F)(F)F. The number of carbonyl (C=O) groups excluding carboxylic acids is 1. The minimum absolute atomic E-state index is 0.202. The number of halogens is 5. The van der Waals surface area contributed by atoms with Crippen molar-refractivity contribution in [3.05, 3.63) is 22.4 Å². The molecule has 0 atom stereocenters. The summed E-state index contributed by atoms with van der Waals surface area (Å²) in [4.78, 5) is 12.7. The first-order valence-corrected chi connectivity index (χ1v) is 6.39. The Kier molecular flexibility index (Phi) is 3.55. The van der Waals surface area contributed by atoms with Gasteiger partial charge in [0.05, 0.1) is 6.54 Å². The van der Waals surface area contributed by atoms with Gasteiger partial charge in [-0.1, -0.05) is 6.07 Å². The molecule has 0 saturated heterocycles. The molecule has 1 aromatic heterocycles. The van der Waals surface area contributed by atoms with Crippen LogP contribution in [0.2, 0.25) is 0 Å². The maximum atomic E-state index is 13.1. The van der Waals surface area contributed by atoms with E-state index in [4.69, 9.17) is 0 Å². The van der Waals surface area contributed by atoms with Gasteiger partial charge in [0.15, 0.2) is 0 Å². The molecular formula is C11H10F5NOS. The maximum absolute atomic E-state index is 13.1. The van der Waals surface area contributed by atoms with Crippen LogP contribution < -0.4 is 0 Å². The van der Waals surface area contributed by atoms with Crippen molar-refractivity contribution >= 4 is 17.2 Å². The molecule has 1 aliphatic carbocycles. The molecule has 2 nitrogen and oxygen atoms in total. The van der Waals surface area contributed by atoms with Gasteiger partial charge in [-0.15, -0.1) is 11.3 Å². The fourth-order valence-electron chi connectivity index (χ4n) is 1.62. The molecule has 0 aliphatic heterocycles. The first kappa shape index (κ1) is 14.2. The molecule has 0 bridgehead atoms. The molecule has 1 aliphatic rings. The Labute approximate surface area is 109 Å². The lowest BCUT2D eigenvalue weighted by atomic mass is 10.2. The quantitative estimate of drug-likeness (QED) is 0.780. The second kappa shape index (κ2) is 4.73. The first-order valence-electron chi connectivity index (χ1n) is 5.51. The highest BCUT2D eigenvalue weighted by atomic mass is 32.1. The third-order valence-corrected chi connectivity index (χ3v) is 3.64. The van der Waals surface area contributed by atoms with Crippen LogP contribution in [0, 0.1) is 0 Å². The molecule has 0 radical (unpaired) electrons. The fourth-order valence-corrected chi connectivity index (χ4v) is 2.33. The van der Waals surface area contributed by atoms with Gasteiger partial charge in [0, 0.05) is 10.9 Å². The Morgan fingerprint density at radius 2 is 1.95 bits per heavy atom. The van der Waals surface area contributed by atoms with E-state index < -0.39 is 24.0 Å². The van der Waals surface area contributed by atoms with E-state index in [1.54, 1.807) is 17.5 Å². The summed E-state index contributed by atoms with van der Waals surface area (Å²) >= 11 is 1.21. The molecule has 1 amide bonds. The van der Waals surface area contributed by atoms with E-state index in [9.17, 15) is 26.7 Å². The lowest BCUT2D eigenvalue weighted by Crippen LogP contribution is -2.52. The number of carbonyl (C=O) groups is 1. The van der Waals surface area contributed by atoms with Gasteiger partial charge < -0.3 is 4.90 Å². The van der Waals surface area contributed by atoms with Crippen molar-refractivity contribution in [3.63, 3.8) is 0 Å². The number of amides is 1. The van der Waals surface area contributed by atoms with Gasteiger partial charge in [-0.2, -0.15) is 22.0 Å². The zero-order valence-corrected chi connectivity index (χ0v) is 10.4. The molecule has 1 fully saturated rings. The van der Waals surface area contributed by atoms with Crippen LogP contribution in [-0.2, 0) is 11.3 Å². The van der Waals surface area contributed by atoms with Gasteiger partial charge in [0.1, 0.15) is 0 Å². The monoisotopic (exact) mass is 299 g/mol. The molecular weight excluding hydrogens is 289 g/mol. The van der Waals surface area contributed by atoms with Crippen molar-refractivity contribution in [2.45, 2.75) is 37.5 Å². The van der Waals surface area contributed by atoms with Crippen LogP contribution in [0.5, 0.6) is 0 Å². The minimum atomic E-state index is -5.85. The number of rotatable bonds is 4. The van der Waals surface area contributed by atoms with Gasteiger partial charge >= 0.3 is 18.0 Å². The van der Waals surface area contributed by atoms with Gasteiger partial charge in [0.25, 0.3) is 0 Å². The Bertz CT molecular complexity index is 452. The molecule has 0 spiro atoms. The van der Waals surface area contributed by atoms with Crippen LogP contribution in [0.3, 0.4) is 0 Å². The summed E-state index contributed by atoms with van der Waals surface area (Å²) in [6, 6.07) is 2.74. The third kappa shape index (κ3) is 2.88. The zero-order chi connectivity index (χ0) is 14.3. The molecule has 0 unspecified atom stereocenters. The number of nitrogens with zero attached hydrogens (tertiary/aromatic N) is 1.